The summed E-state index contributed by atoms with van der Waals surface area (Å²) in [4.78, 5) is 30.4. The number of ether oxygens (including phenoxy) is 2. The molecule has 4 rings (SSSR count). The molecule has 1 aliphatic rings. The van der Waals surface area contributed by atoms with Crippen LogP contribution in [-0.2, 0) is 6.42 Å². The van der Waals surface area contributed by atoms with Crippen LogP contribution in [0.5, 0.6) is 11.5 Å². The minimum absolute atomic E-state index is 0.0142. The molecule has 1 amide bonds. The highest BCUT2D eigenvalue weighted by Crippen LogP contribution is 2.36. The molecule has 0 saturated carbocycles. The van der Waals surface area contributed by atoms with Gasteiger partial charge in [0.15, 0.2) is 11.5 Å². The number of carbonyl (C=O) groups excluding carboxylic acids is 1. The van der Waals surface area contributed by atoms with Gasteiger partial charge in [0.05, 0.1) is 24.5 Å². The molecule has 3 heterocycles. The standard InChI is InChI=1S/C24H31N5O3S/c1-16-20-22(29-12-10-27(2)11-13-29)25-15-26-23(20)33-21(16)24(30)28(3)9-8-17-6-7-18(31-4)19(14-17)32-5/h6-7,14-15H,8-13H2,1-5H3. The summed E-state index contributed by atoms with van der Waals surface area (Å²) < 4.78 is 10.7. The second kappa shape index (κ2) is 9.93. The van der Waals surface area contributed by atoms with Gasteiger partial charge in [-0.15, -0.1) is 11.3 Å². The van der Waals surface area contributed by atoms with Gasteiger partial charge >= 0.3 is 0 Å². The molecule has 1 aromatic carbocycles. The lowest BCUT2D eigenvalue weighted by Crippen LogP contribution is -2.44. The Hall–Kier alpha value is -2.91. The number of anilines is 1. The molecule has 0 unspecified atom stereocenters. The number of amides is 1. The van der Waals surface area contributed by atoms with Gasteiger partial charge in [0.1, 0.15) is 17.0 Å². The van der Waals surface area contributed by atoms with E-state index in [0.717, 1.165) is 64.6 Å². The van der Waals surface area contributed by atoms with Crippen molar-refractivity contribution in [2.45, 2.75) is 13.3 Å². The van der Waals surface area contributed by atoms with Gasteiger partial charge in [-0.1, -0.05) is 6.07 Å². The van der Waals surface area contributed by atoms with E-state index in [9.17, 15) is 4.79 Å². The van der Waals surface area contributed by atoms with Crippen LogP contribution in [0.1, 0.15) is 20.8 Å². The van der Waals surface area contributed by atoms with E-state index in [2.05, 4.69) is 26.8 Å². The number of hydrogen-bond acceptors (Lipinski definition) is 8. The fourth-order valence-corrected chi connectivity index (χ4v) is 5.26. The lowest BCUT2D eigenvalue weighted by molar-refractivity contribution is 0.0801. The fraction of sp³-hybridized carbons (Fsp3) is 0.458. The van der Waals surface area contributed by atoms with Gasteiger partial charge in [-0.3, -0.25) is 4.79 Å². The fourth-order valence-electron chi connectivity index (χ4n) is 4.12. The van der Waals surface area contributed by atoms with E-state index in [0.29, 0.717) is 18.0 Å². The Balaban J connectivity index is 1.52. The molecule has 0 radical (unpaired) electrons. The first kappa shape index (κ1) is 23.3. The number of hydrogen-bond donors (Lipinski definition) is 0. The molecule has 1 aliphatic heterocycles. The monoisotopic (exact) mass is 469 g/mol. The second-order valence-corrected chi connectivity index (χ2v) is 9.39. The van der Waals surface area contributed by atoms with Crippen molar-refractivity contribution in [1.29, 1.82) is 0 Å². The van der Waals surface area contributed by atoms with Crippen LogP contribution in [-0.4, -0.2) is 86.7 Å². The van der Waals surface area contributed by atoms with Crippen LogP contribution in [0.3, 0.4) is 0 Å². The first-order chi connectivity index (χ1) is 15.9. The van der Waals surface area contributed by atoms with Gasteiger partial charge in [0, 0.05) is 39.8 Å². The van der Waals surface area contributed by atoms with Crippen molar-refractivity contribution in [3.8, 4) is 11.5 Å². The number of piperazine rings is 1. The number of rotatable bonds is 7. The lowest BCUT2D eigenvalue weighted by atomic mass is 10.1. The normalized spacial score (nSPS) is 14.5. The van der Waals surface area contributed by atoms with E-state index >= 15 is 0 Å². The largest absolute Gasteiger partial charge is 0.493 e. The third-order valence-electron chi connectivity index (χ3n) is 6.23. The summed E-state index contributed by atoms with van der Waals surface area (Å²) in [7, 11) is 7.23. The van der Waals surface area contributed by atoms with Crippen LogP contribution in [0.2, 0.25) is 0 Å². The number of methoxy groups -OCH3 is 2. The molecule has 9 heteroatoms. The maximum absolute atomic E-state index is 13.3. The van der Waals surface area contributed by atoms with Gasteiger partial charge in [0.2, 0.25) is 0 Å². The topological polar surface area (TPSA) is 71.0 Å². The van der Waals surface area contributed by atoms with Gasteiger partial charge in [0.25, 0.3) is 5.91 Å². The van der Waals surface area contributed by atoms with Crippen LogP contribution in [0.4, 0.5) is 5.82 Å². The van der Waals surface area contributed by atoms with Crippen LogP contribution < -0.4 is 14.4 Å². The van der Waals surface area contributed by atoms with Gasteiger partial charge in [-0.2, -0.15) is 0 Å². The molecule has 8 nitrogen and oxygen atoms in total. The molecule has 1 saturated heterocycles. The number of likely N-dealkylation sites (N-methyl/N-ethyl adjacent to an activating group) is 2. The number of carbonyl (C=O) groups is 1. The molecule has 0 bridgehead atoms. The summed E-state index contributed by atoms with van der Waals surface area (Å²) in [5.74, 6) is 2.34. The van der Waals surface area contributed by atoms with E-state index in [1.165, 1.54) is 11.3 Å². The number of fused-ring (bicyclic) bond motifs is 1. The molecular formula is C24H31N5O3S. The Morgan fingerprint density at radius 1 is 1.12 bits per heavy atom. The Labute approximate surface area is 198 Å². The SMILES string of the molecule is COc1ccc(CCN(C)C(=O)c2sc3ncnc(N4CCN(C)CC4)c3c2C)cc1OC. The Bertz CT molecular complexity index is 1140. The number of aromatic nitrogens is 2. The van der Waals surface area contributed by atoms with Crippen molar-refractivity contribution < 1.29 is 14.3 Å². The van der Waals surface area contributed by atoms with Crippen LogP contribution in [0.15, 0.2) is 24.5 Å². The van der Waals surface area contributed by atoms with Crippen molar-refractivity contribution in [2.75, 3.05) is 65.9 Å². The van der Waals surface area contributed by atoms with Crippen LogP contribution >= 0.6 is 11.3 Å². The summed E-state index contributed by atoms with van der Waals surface area (Å²) in [5.41, 5.74) is 2.05. The van der Waals surface area contributed by atoms with Crippen molar-refractivity contribution in [3.63, 3.8) is 0 Å². The Morgan fingerprint density at radius 2 is 1.85 bits per heavy atom. The van der Waals surface area contributed by atoms with Crippen LogP contribution in [0.25, 0.3) is 10.2 Å². The summed E-state index contributed by atoms with van der Waals surface area (Å²) >= 11 is 1.46. The van der Waals surface area contributed by atoms with Gasteiger partial charge < -0.3 is 24.2 Å². The Kier molecular flexibility index (Phi) is 6.99. The van der Waals surface area contributed by atoms with Crippen molar-refractivity contribution in [2.24, 2.45) is 0 Å². The molecule has 0 atom stereocenters. The van der Waals surface area contributed by atoms with Crippen LogP contribution in [0, 0.1) is 6.92 Å². The zero-order chi connectivity index (χ0) is 23.5. The van der Waals surface area contributed by atoms with E-state index in [4.69, 9.17) is 9.47 Å². The quantitative estimate of drug-likeness (QED) is 0.527. The van der Waals surface area contributed by atoms with E-state index in [-0.39, 0.29) is 5.91 Å². The molecular weight excluding hydrogens is 438 g/mol. The summed E-state index contributed by atoms with van der Waals surface area (Å²) in [5, 5.41) is 1.00. The molecule has 0 spiro atoms. The highest BCUT2D eigenvalue weighted by atomic mass is 32.1. The molecule has 0 N–H and O–H groups in total. The third-order valence-corrected chi connectivity index (χ3v) is 7.42. The second-order valence-electron chi connectivity index (χ2n) is 8.39. The minimum Gasteiger partial charge on any atom is -0.493 e. The first-order valence-corrected chi connectivity index (χ1v) is 11.9. The summed E-state index contributed by atoms with van der Waals surface area (Å²) in [6.07, 6.45) is 2.33. The number of thiophene rings is 1. The van der Waals surface area contributed by atoms with E-state index in [1.807, 2.05) is 32.2 Å². The molecule has 0 aliphatic carbocycles. The highest BCUT2D eigenvalue weighted by Gasteiger charge is 2.25. The smallest absolute Gasteiger partial charge is 0.264 e. The number of aryl methyl sites for hydroxylation is 1. The third kappa shape index (κ3) is 4.74. The van der Waals surface area contributed by atoms with Crippen molar-refractivity contribution in [1.82, 2.24) is 19.8 Å². The predicted octanol–water partition coefficient (Wildman–Crippen LogP) is 3.08. The predicted molar refractivity (Wildman–Crippen MR) is 132 cm³/mol. The molecule has 33 heavy (non-hydrogen) atoms. The van der Waals surface area contributed by atoms with Crippen molar-refractivity contribution in [3.05, 3.63) is 40.5 Å². The van der Waals surface area contributed by atoms with Crippen molar-refractivity contribution >= 4 is 33.3 Å². The number of nitrogens with zero attached hydrogens (tertiary/aromatic N) is 5. The lowest BCUT2D eigenvalue weighted by Gasteiger charge is -2.33. The maximum atomic E-state index is 13.3. The van der Waals surface area contributed by atoms with Gasteiger partial charge in [-0.25, -0.2) is 9.97 Å². The average molecular weight is 470 g/mol. The summed E-state index contributed by atoms with van der Waals surface area (Å²) in [6.45, 7) is 6.45. The molecule has 176 valence electrons. The zero-order valence-electron chi connectivity index (χ0n) is 19.9. The maximum Gasteiger partial charge on any atom is 0.264 e. The van der Waals surface area contributed by atoms with E-state index in [1.54, 1.807) is 25.4 Å². The highest BCUT2D eigenvalue weighted by molar-refractivity contribution is 7.20. The minimum atomic E-state index is 0.0142. The first-order valence-electron chi connectivity index (χ1n) is 11.1. The average Bonchev–Trinajstić information content (AvgIpc) is 3.18. The number of benzene rings is 1. The molecule has 1 fully saturated rings. The molecule has 3 aromatic rings. The van der Waals surface area contributed by atoms with E-state index < -0.39 is 0 Å². The Morgan fingerprint density at radius 3 is 2.55 bits per heavy atom. The summed E-state index contributed by atoms with van der Waals surface area (Å²) in [6, 6.07) is 5.85. The van der Waals surface area contributed by atoms with Gasteiger partial charge in [-0.05, 0) is 43.7 Å². The molecule has 2 aromatic heterocycles. The zero-order valence-corrected chi connectivity index (χ0v) is 20.7.